The van der Waals surface area contributed by atoms with Gasteiger partial charge in [0.2, 0.25) is 0 Å². The fourth-order valence-electron chi connectivity index (χ4n) is 2.84. The highest BCUT2D eigenvalue weighted by molar-refractivity contribution is 14.0. The Labute approximate surface area is 184 Å². The molecule has 0 unspecified atom stereocenters. The Morgan fingerprint density at radius 3 is 2.42 bits per heavy atom. The van der Waals surface area contributed by atoms with E-state index in [2.05, 4.69) is 52.8 Å². The Balaban J connectivity index is 0.00000338. The maximum Gasteiger partial charge on any atom is 0.191 e. The van der Waals surface area contributed by atoms with Crippen LogP contribution in [0.2, 0.25) is 5.02 Å². The third kappa shape index (κ3) is 8.23. The van der Waals surface area contributed by atoms with Gasteiger partial charge in [0.15, 0.2) is 5.96 Å². The predicted molar refractivity (Wildman–Crippen MR) is 127 cm³/mol. The van der Waals surface area contributed by atoms with Crippen molar-refractivity contribution in [2.24, 2.45) is 4.99 Å². The van der Waals surface area contributed by atoms with Gasteiger partial charge in [0, 0.05) is 49.0 Å². The maximum atomic E-state index is 5.96. The molecule has 0 spiro atoms. The number of likely N-dealkylation sites (tertiary alicyclic amines) is 1. The van der Waals surface area contributed by atoms with Crippen molar-refractivity contribution in [1.29, 1.82) is 0 Å². The Morgan fingerprint density at radius 1 is 1.27 bits per heavy atom. The number of nitrogens with zero attached hydrogens (tertiary/aromatic N) is 2. The minimum atomic E-state index is 0. The molecule has 1 aliphatic rings. The molecular formula is C19H32ClIN4S. The molecule has 1 aliphatic heterocycles. The van der Waals surface area contributed by atoms with Gasteiger partial charge in [-0.3, -0.25) is 9.89 Å². The molecule has 0 radical (unpaired) electrons. The summed E-state index contributed by atoms with van der Waals surface area (Å²) in [5.41, 5.74) is 1.33. The van der Waals surface area contributed by atoms with Crippen molar-refractivity contribution in [2.75, 3.05) is 32.9 Å². The van der Waals surface area contributed by atoms with Crippen LogP contribution in [0.1, 0.15) is 32.3 Å². The number of halogens is 2. The minimum absolute atomic E-state index is 0. The topological polar surface area (TPSA) is 39.7 Å². The van der Waals surface area contributed by atoms with Gasteiger partial charge in [-0.25, -0.2) is 0 Å². The summed E-state index contributed by atoms with van der Waals surface area (Å²) in [6, 6.07) is 8.66. The van der Waals surface area contributed by atoms with E-state index in [4.69, 9.17) is 11.6 Å². The molecule has 0 bridgehead atoms. The summed E-state index contributed by atoms with van der Waals surface area (Å²) in [6.07, 6.45) is 4.43. The second-order valence-electron chi connectivity index (χ2n) is 7.21. The van der Waals surface area contributed by atoms with E-state index in [1.807, 2.05) is 30.9 Å². The molecule has 26 heavy (non-hydrogen) atoms. The Morgan fingerprint density at radius 2 is 1.88 bits per heavy atom. The number of aliphatic imine (C=N–C) groups is 1. The Bertz CT molecular complexity index is 557. The lowest BCUT2D eigenvalue weighted by Crippen LogP contribution is -2.50. The van der Waals surface area contributed by atoms with Gasteiger partial charge in [-0.1, -0.05) is 23.7 Å². The van der Waals surface area contributed by atoms with Gasteiger partial charge in [-0.2, -0.15) is 11.8 Å². The summed E-state index contributed by atoms with van der Waals surface area (Å²) in [4.78, 5) is 6.88. The van der Waals surface area contributed by atoms with Gasteiger partial charge in [-0.05, 0) is 50.6 Å². The number of benzene rings is 1. The lowest BCUT2D eigenvalue weighted by Gasteiger charge is -2.33. The molecule has 1 fully saturated rings. The van der Waals surface area contributed by atoms with Crippen molar-refractivity contribution in [3.8, 4) is 0 Å². The SMILES string of the molecule is CN=C(NCC(C)(C)SC)NC1CCN(Cc2ccc(Cl)cc2)CC1.I. The van der Waals surface area contributed by atoms with E-state index in [0.717, 1.165) is 50.0 Å². The summed E-state index contributed by atoms with van der Waals surface area (Å²) >= 11 is 7.83. The number of nitrogens with one attached hydrogen (secondary N) is 2. The zero-order chi connectivity index (χ0) is 18.3. The Hall–Kier alpha value is -0.180. The average molecular weight is 511 g/mol. The van der Waals surface area contributed by atoms with Gasteiger partial charge in [0.1, 0.15) is 0 Å². The zero-order valence-corrected chi connectivity index (χ0v) is 20.1. The fourth-order valence-corrected chi connectivity index (χ4v) is 3.18. The smallest absolute Gasteiger partial charge is 0.191 e. The molecule has 1 saturated heterocycles. The lowest BCUT2D eigenvalue weighted by molar-refractivity contribution is 0.198. The first-order chi connectivity index (χ1) is 11.9. The van der Waals surface area contributed by atoms with E-state index in [1.54, 1.807) is 0 Å². The highest BCUT2D eigenvalue weighted by Gasteiger charge is 2.21. The molecule has 148 valence electrons. The maximum absolute atomic E-state index is 5.96. The van der Waals surface area contributed by atoms with Crippen LogP contribution < -0.4 is 10.6 Å². The minimum Gasteiger partial charge on any atom is -0.355 e. The number of piperidine rings is 1. The van der Waals surface area contributed by atoms with Gasteiger partial charge < -0.3 is 10.6 Å². The van der Waals surface area contributed by atoms with E-state index < -0.39 is 0 Å². The van der Waals surface area contributed by atoms with Crippen LogP contribution in [-0.2, 0) is 6.54 Å². The highest BCUT2D eigenvalue weighted by atomic mass is 127. The van der Waals surface area contributed by atoms with Crippen LogP contribution in [0.3, 0.4) is 0 Å². The summed E-state index contributed by atoms with van der Waals surface area (Å²) in [7, 11) is 1.84. The van der Waals surface area contributed by atoms with E-state index in [9.17, 15) is 0 Å². The first-order valence-corrected chi connectivity index (χ1v) is 10.5. The van der Waals surface area contributed by atoms with Crippen LogP contribution in [0.5, 0.6) is 0 Å². The highest BCUT2D eigenvalue weighted by Crippen LogP contribution is 2.19. The molecule has 4 nitrogen and oxygen atoms in total. The Kier molecular flexibility index (Phi) is 10.7. The average Bonchev–Trinajstić information content (AvgIpc) is 2.62. The normalized spacial score (nSPS) is 16.9. The molecule has 2 rings (SSSR count). The summed E-state index contributed by atoms with van der Waals surface area (Å²) in [6.45, 7) is 8.60. The van der Waals surface area contributed by atoms with Crippen molar-refractivity contribution in [3.05, 3.63) is 34.9 Å². The fraction of sp³-hybridized carbons (Fsp3) is 0.632. The number of hydrogen-bond acceptors (Lipinski definition) is 3. The van der Waals surface area contributed by atoms with E-state index in [1.165, 1.54) is 5.56 Å². The third-order valence-corrected chi connectivity index (χ3v) is 6.21. The number of hydrogen-bond donors (Lipinski definition) is 2. The second kappa shape index (κ2) is 11.6. The van der Waals surface area contributed by atoms with Crippen LogP contribution in [0.15, 0.2) is 29.3 Å². The quantitative estimate of drug-likeness (QED) is 0.341. The first kappa shape index (κ1) is 23.9. The van der Waals surface area contributed by atoms with Gasteiger partial charge in [0.05, 0.1) is 0 Å². The molecule has 1 aromatic rings. The lowest BCUT2D eigenvalue weighted by atomic mass is 10.0. The van der Waals surface area contributed by atoms with Crippen molar-refractivity contribution >= 4 is 53.3 Å². The zero-order valence-electron chi connectivity index (χ0n) is 16.2. The van der Waals surface area contributed by atoms with Crippen molar-refractivity contribution in [1.82, 2.24) is 15.5 Å². The molecule has 0 saturated carbocycles. The van der Waals surface area contributed by atoms with Crippen molar-refractivity contribution < 1.29 is 0 Å². The van der Waals surface area contributed by atoms with Crippen LogP contribution in [-0.4, -0.2) is 54.6 Å². The van der Waals surface area contributed by atoms with Crippen LogP contribution >= 0.6 is 47.3 Å². The number of rotatable bonds is 6. The van der Waals surface area contributed by atoms with E-state index in [-0.39, 0.29) is 28.7 Å². The third-order valence-electron chi connectivity index (χ3n) is 4.71. The molecule has 0 aliphatic carbocycles. The largest absolute Gasteiger partial charge is 0.355 e. The predicted octanol–water partition coefficient (Wildman–Crippen LogP) is 4.23. The molecule has 1 heterocycles. The standard InChI is InChI=1S/C19H31ClN4S.HI/c1-19(2,25-4)14-22-18(21-3)23-17-9-11-24(12-10-17)13-15-5-7-16(20)8-6-15;/h5-8,17H,9-14H2,1-4H3,(H2,21,22,23);1H. The van der Waals surface area contributed by atoms with Crippen LogP contribution in [0.4, 0.5) is 0 Å². The molecule has 0 aromatic heterocycles. The van der Waals surface area contributed by atoms with Crippen molar-refractivity contribution in [3.63, 3.8) is 0 Å². The van der Waals surface area contributed by atoms with Gasteiger partial charge >= 0.3 is 0 Å². The van der Waals surface area contributed by atoms with Crippen LogP contribution in [0.25, 0.3) is 0 Å². The number of thioether (sulfide) groups is 1. The monoisotopic (exact) mass is 510 g/mol. The molecule has 1 aromatic carbocycles. The summed E-state index contributed by atoms with van der Waals surface area (Å²) < 4.78 is 0.208. The van der Waals surface area contributed by atoms with E-state index >= 15 is 0 Å². The molecular weight excluding hydrogens is 479 g/mol. The number of guanidine groups is 1. The first-order valence-electron chi connectivity index (χ1n) is 8.91. The molecule has 7 heteroatoms. The second-order valence-corrected chi connectivity index (χ2v) is 9.16. The van der Waals surface area contributed by atoms with Gasteiger partial charge in [0.25, 0.3) is 0 Å². The van der Waals surface area contributed by atoms with Gasteiger partial charge in [-0.15, -0.1) is 24.0 Å². The summed E-state index contributed by atoms with van der Waals surface area (Å²) in [5.74, 6) is 0.915. The van der Waals surface area contributed by atoms with Crippen LogP contribution in [0, 0.1) is 0 Å². The molecule has 2 N–H and O–H groups in total. The van der Waals surface area contributed by atoms with Crippen molar-refractivity contribution in [2.45, 2.75) is 44.0 Å². The molecule has 0 atom stereocenters. The molecule has 0 amide bonds. The van der Waals surface area contributed by atoms with E-state index in [0.29, 0.717) is 6.04 Å². The summed E-state index contributed by atoms with van der Waals surface area (Å²) in [5, 5.41) is 7.84.